The molecule has 2 heteroatoms. The van der Waals surface area contributed by atoms with E-state index in [0.717, 1.165) is 11.4 Å². The van der Waals surface area contributed by atoms with E-state index < -0.39 is 0 Å². The van der Waals surface area contributed by atoms with Crippen molar-refractivity contribution in [3.63, 3.8) is 0 Å². The van der Waals surface area contributed by atoms with Crippen molar-refractivity contribution in [3.8, 4) is 22.3 Å². The normalized spacial score (nSPS) is 11.8. The highest BCUT2D eigenvalue weighted by atomic mass is 32.2. The van der Waals surface area contributed by atoms with Gasteiger partial charge in [0.15, 0.2) is 0 Å². The second-order valence-corrected chi connectivity index (χ2v) is 10.0. The predicted molar refractivity (Wildman–Crippen MR) is 154 cm³/mol. The minimum atomic E-state index is 1.15. The summed E-state index contributed by atoms with van der Waals surface area (Å²) in [5, 5.41) is 2.54. The Kier molecular flexibility index (Phi) is 5.11. The molecule has 1 aliphatic heterocycles. The first-order valence-corrected chi connectivity index (χ1v) is 13.0. The number of fused-ring (bicyclic) bond motifs is 4. The molecule has 0 radical (unpaired) electrons. The molecule has 7 rings (SSSR count). The van der Waals surface area contributed by atoms with Crippen molar-refractivity contribution in [1.29, 1.82) is 0 Å². The Labute approximate surface area is 215 Å². The van der Waals surface area contributed by atoms with Crippen LogP contribution in [0.1, 0.15) is 0 Å². The van der Waals surface area contributed by atoms with Crippen molar-refractivity contribution in [1.82, 2.24) is 0 Å². The van der Waals surface area contributed by atoms with Gasteiger partial charge >= 0.3 is 0 Å². The highest BCUT2D eigenvalue weighted by Crippen LogP contribution is 2.50. The maximum absolute atomic E-state index is 2.37. The molecule has 6 aromatic carbocycles. The van der Waals surface area contributed by atoms with Crippen molar-refractivity contribution < 1.29 is 0 Å². The topological polar surface area (TPSA) is 3.24 Å². The van der Waals surface area contributed by atoms with Crippen LogP contribution in [0.2, 0.25) is 0 Å². The Morgan fingerprint density at radius 2 is 0.889 bits per heavy atom. The lowest BCUT2D eigenvalue weighted by molar-refractivity contribution is 1.30. The molecule has 0 unspecified atom stereocenters. The van der Waals surface area contributed by atoms with E-state index in [1.54, 1.807) is 0 Å². The van der Waals surface area contributed by atoms with Crippen molar-refractivity contribution in [2.45, 2.75) is 9.79 Å². The van der Waals surface area contributed by atoms with E-state index in [1.807, 2.05) is 11.8 Å². The summed E-state index contributed by atoms with van der Waals surface area (Å²) >= 11 is 1.86. The van der Waals surface area contributed by atoms with E-state index >= 15 is 0 Å². The van der Waals surface area contributed by atoms with Gasteiger partial charge in [-0.05, 0) is 70.1 Å². The van der Waals surface area contributed by atoms with Crippen molar-refractivity contribution in [2.24, 2.45) is 0 Å². The van der Waals surface area contributed by atoms with Crippen LogP contribution in [0.25, 0.3) is 33.0 Å². The molecule has 0 aliphatic carbocycles. The van der Waals surface area contributed by atoms with Gasteiger partial charge in [0.05, 0.1) is 5.69 Å². The van der Waals surface area contributed by atoms with E-state index in [2.05, 4.69) is 144 Å². The molecule has 6 aromatic rings. The Morgan fingerprint density at radius 1 is 0.389 bits per heavy atom. The molecule has 0 saturated carbocycles. The molecule has 1 aliphatic rings. The van der Waals surface area contributed by atoms with Crippen LogP contribution in [0.3, 0.4) is 0 Å². The number of hydrogen-bond acceptors (Lipinski definition) is 2. The lowest BCUT2D eigenvalue weighted by atomic mass is 9.90. The number of hydrogen-bond donors (Lipinski definition) is 0. The SMILES string of the molecule is c1ccc(N(c2ccccc2)c2ccc3c4c(cccc24)-c2ccccc2Sc2ccccc2-3)cc1. The number of rotatable bonds is 3. The van der Waals surface area contributed by atoms with Gasteiger partial charge in [-0.1, -0.05) is 109 Å². The number of benzene rings is 6. The second-order valence-electron chi connectivity index (χ2n) is 8.96. The largest absolute Gasteiger partial charge is 0.310 e. The van der Waals surface area contributed by atoms with Crippen molar-refractivity contribution >= 4 is 39.6 Å². The van der Waals surface area contributed by atoms with Crippen LogP contribution in [0.5, 0.6) is 0 Å². The molecule has 1 nitrogen and oxygen atoms in total. The zero-order valence-electron chi connectivity index (χ0n) is 19.6. The molecule has 0 saturated heterocycles. The van der Waals surface area contributed by atoms with Crippen LogP contribution in [0.4, 0.5) is 17.1 Å². The average molecular weight is 478 g/mol. The van der Waals surface area contributed by atoms with Gasteiger partial charge in [-0.15, -0.1) is 0 Å². The molecule has 0 atom stereocenters. The molecule has 0 bridgehead atoms. The van der Waals surface area contributed by atoms with Gasteiger partial charge in [0, 0.05) is 26.6 Å². The van der Waals surface area contributed by atoms with Crippen molar-refractivity contribution in [2.75, 3.05) is 4.90 Å². The number of nitrogens with zero attached hydrogens (tertiary/aromatic N) is 1. The van der Waals surface area contributed by atoms with E-state index in [0.29, 0.717) is 0 Å². The lowest BCUT2D eigenvalue weighted by Crippen LogP contribution is -2.10. The van der Waals surface area contributed by atoms with Crippen LogP contribution in [-0.4, -0.2) is 0 Å². The highest BCUT2D eigenvalue weighted by molar-refractivity contribution is 7.99. The van der Waals surface area contributed by atoms with Crippen LogP contribution < -0.4 is 4.90 Å². The third kappa shape index (κ3) is 3.42. The van der Waals surface area contributed by atoms with Gasteiger partial charge in [-0.3, -0.25) is 0 Å². The van der Waals surface area contributed by atoms with Gasteiger partial charge in [-0.2, -0.15) is 0 Å². The summed E-state index contributed by atoms with van der Waals surface area (Å²) in [5.41, 5.74) is 8.60. The second kappa shape index (κ2) is 8.75. The Hall–Kier alpha value is -4.27. The highest BCUT2D eigenvalue weighted by Gasteiger charge is 2.23. The van der Waals surface area contributed by atoms with Crippen LogP contribution in [0.15, 0.2) is 149 Å². The van der Waals surface area contributed by atoms with E-state index in [9.17, 15) is 0 Å². The first-order valence-electron chi connectivity index (χ1n) is 12.2. The summed E-state index contributed by atoms with van der Waals surface area (Å²) in [6.45, 7) is 0. The van der Waals surface area contributed by atoms with E-state index in [-0.39, 0.29) is 0 Å². The third-order valence-electron chi connectivity index (χ3n) is 6.86. The third-order valence-corrected chi connectivity index (χ3v) is 8.01. The lowest BCUT2D eigenvalue weighted by Gasteiger charge is -2.29. The van der Waals surface area contributed by atoms with Gasteiger partial charge in [0.2, 0.25) is 0 Å². The molecule has 0 fully saturated rings. The fourth-order valence-electron chi connectivity index (χ4n) is 5.29. The van der Waals surface area contributed by atoms with Gasteiger partial charge in [-0.25, -0.2) is 0 Å². The van der Waals surface area contributed by atoms with Gasteiger partial charge in [0.25, 0.3) is 0 Å². The van der Waals surface area contributed by atoms with Crippen molar-refractivity contribution in [3.05, 3.63) is 140 Å². The summed E-state index contributed by atoms with van der Waals surface area (Å²) in [7, 11) is 0. The summed E-state index contributed by atoms with van der Waals surface area (Å²) in [6.07, 6.45) is 0. The summed E-state index contributed by atoms with van der Waals surface area (Å²) in [5.74, 6) is 0. The zero-order chi connectivity index (χ0) is 23.9. The van der Waals surface area contributed by atoms with E-state index in [1.165, 1.54) is 48.5 Å². The van der Waals surface area contributed by atoms with E-state index in [4.69, 9.17) is 0 Å². The monoisotopic (exact) mass is 477 g/mol. The van der Waals surface area contributed by atoms with Gasteiger partial charge in [0.1, 0.15) is 0 Å². The fourth-order valence-corrected chi connectivity index (χ4v) is 6.40. The molecule has 0 amide bonds. The molecule has 0 spiro atoms. The summed E-state index contributed by atoms with van der Waals surface area (Å²) in [4.78, 5) is 4.95. The Bertz CT molecular complexity index is 1620. The first kappa shape index (κ1) is 21.0. The standard InChI is InChI=1S/C34H23NS/c1-3-12-24(13-4-1)35(25-14-5-2-6-15-25)31-23-22-29-27-17-8-10-21-33(27)36-32-20-9-7-16-26(32)28-18-11-19-30(31)34(28)29/h1-23H. The molecule has 170 valence electrons. The van der Waals surface area contributed by atoms with Crippen LogP contribution in [-0.2, 0) is 0 Å². The fraction of sp³-hybridized carbons (Fsp3) is 0. The Balaban J connectivity index is 1.60. The summed E-state index contributed by atoms with van der Waals surface area (Å²) < 4.78 is 0. The van der Waals surface area contributed by atoms with Crippen LogP contribution >= 0.6 is 11.8 Å². The molecule has 36 heavy (non-hydrogen) atoms. The molecular formula is C34H23NS. The average Bonchev–Trinajstić information content (AvgIpc) is 2.94. The maximum Gasteiger partial charge on any atom is 0.0540 e. The number of anilines is 3. The molecule has 1 heterocycles. The smallest absolute Gasteiger partial charge is 0.0540 e. The minimum absolute atomic E-state index is 1.15. The molecule has 0 aromatic heterocycles. The first-order chi connectivity index (χ1) is 17.9. The summed E-state index contributed by atoms with van der Waals surface area (Å²) in [6, 6.07) is 50.2. The maximum atomic E-state index is 2.37. The zero-order valence-corrected chi connectivity index (χ0v) is 20.5. The predicted octanol–water partition coefficient (Wildman–Crippen LogP) is 10.1. The molecular weight excluding hydrogens is 454 g/mol. The minimum Gasteiger partial charge on any atom is -0.310 e. The van der Waals surface area contributed by atoms with Gasteiger partial charge < -0.3 is 4.90 Å². The molecule has 0 N–H and O–H groups in total. The number of para-hydroxylation sites is 2. The quantitative estimate of drug-likeness (QED) is 0.249. The Morgan fingerprint density at radius 3 is 1.50 bits per heavy atom. The van der Waals surface area contributed by atoms with Crippen LogP contribution in [0, 0.1) is 0 Å².